The number of nitrogens with zero attached hydrogens (tertiary/aromatic N) is 1. The van der Waals surface area contributed by atoms with Crippen LogP contribution in [0.1, 0.15) is 37.0 Å². The Kier molecular flexibility index (Phi) is 3.74. The number of benzene rings is 1. The van der Waals surface area contributed by atoms with Crippen LogP contribution in [0.3, 0.4) is 0 Å². The molecule has 1 aromatic carbocycles. The number of carbonyl (C=O) groups excluding carboxylic acids is 1. The van der Waals surface area contributed by atoms with Crippen molar-refractivity contribution < 1.29 is 14.7 Å². The Bertz CT molecular complexity index is 646. The highest BCUT2D eigenvalue weighted by molar-refractivity contribution is 5.98. The van der Waals surface area contributed by atoms with Gasteiger partial charge in [-0.3, -0.25) is 14.7 Å². The molecule has 2 rings (SSSR count). The van der Waals surface area contributed by atoms with Gasteiger partial charge in [-0.05, 0) is 32.4 Å². The number of aliphatic carboxylic acids is 1. The first-order valence-electron chi connectivity index (χ1n) is 6.35. The van der Waals surface area contributed by atoms with E-state index in [4.69, 9.17) is 5.11 Å². The molecule has 0 saturated heterocycles. The summed E-state index contributed by atoms with van der Waals surface area (Å²) in [5, 5.41) is 19.2. The lowest BCUT2D eigenvalue weighted by Crippen LogP contribution is -2.43. The SMILES string of the molecule is CC(C)(CCC(=O)O)NC(=O)c1ccc2cn[nH]c2c1. The van der Waals surface area contributed by atoms with Gasteiger partial charge in [0, 0.05) is 22.9 Å². The summed E-state index contributed by atoms with van der Waals surface area (Å²) in [7, 11) is 0. The summed E-state index contributed by atoms with van der Waals surface area (Å²) in [6, 6.07) is 5.27. The molecule has 106 valence electrons. The van der Waals surface area contributed by atoms with Crippen LogP contribution in [0, 0.1) is 0 Å². The van der Waals surface area contributed by atoms with Gasteiger partial charge in [0.05, 0.1) is 11.7 Å². The van der Waals surface area contributed by atoms with Crippen molar-refractivity contribution in [2.75, 3.05) is 0 Å². The Morgan fingerprint density at radius 3 is 2.85 bits per heavy atom. The molecule has 3 N–H and O–H groups in total. The van der Waals surface area contributed by atoms with Gasteiger partial charge in [-0.25, -0.2) is 0 Å². The highest BCUT2D eigenvalue weighted by atomic mass is 16.4. The summed E-state index contributed by atoms with van der Waals surface area (Å²) in [6.45, 7) is 3.62. The van der Waals surface area contributed by atoms with Gasteiger partial charge >= 0.3 is 5.97 Å². The molecule has 2 aromatic rings. The molecule has 6 heteroatoms. The Hall–Kier alpha value is -2.37. The first-order chi connectivity index (χ1) is 9.37. The van der Waals surface area contributed by atoms with Crippen molar-refractivity contribution in [1.82, 2.24) is 15.5 Å². The largest absolute Gasteiger partial charge is 0.481 e. The number of hydrogen-bond donors (Lipinski definition) is 3. The summed E-state index contributed by atoms with van der Waals surface area (Å²) in [6.07, 6.45) is 2.08. The Morgan fingerprint density at radius 2 is 2.15 bits per heavy atom. The van der Waals surface area contributed by atoms with Gasteiger partial charge in [-0.15, -0.1) is 0 Å². The van der Waals surface area contributed by atoms with Crippen LogP contribution in [0.5, 0.6) is 0 Å². The summed E-state index contributed by atoms with van der Waals surface area (Å²) >= 11 is 0. The molecule has 0 aliphatic carbocycles. The quantitative estimate of drug-likeness (QED) is 0.777. The van der Waals surface area contributed by atoms with Crippen LogP contribution in [-0.4, -0.2) is 32.7 Å². The number of amides is 1. The number of nitrogens with one attached hydrogen (secondary N) is 2. The molecule has 0 radical (unpaired) electrons. The minimum Gasteiger partial charge on any atom is -0.481 e. The van der Waals surface area contributed by atoms with Gasteiger partial charge in [-0.2, -0.15) is 5.10 Å². The van der Waals surface area contributed by atoms with E-state index < -0.39 is 11.5 Å². The van der Waals surface area contributed by atoms with Gasteiger partial charge in [0.25, 0.3) is 5.91 Å². The average molecular weight is 275 g/mol. The van der Waals surface area contributed by atoms with Crippen LogP contribution >= 0.6 is 0 Å². The van der Waals surface area contributed by atoms with Crippen LogP contribution in [0.15, 0.2) is 24.4 Å². The maximum absolute atomic E-state index is 12.2. The third-order valence-electron chi connectivity index (χ3n) is 3.12. The van der Waals surface area contributed by atoms with Crippen molar-refractivity contribution in [3.63, 3.8) is 0 Å². The molecule has 20 heavy (non-hydrogen) atoms. The Morgan fingerprint density at radius 1 is 1.40 bits per heavy atom. The van der Waals surface area contributed by atoms with E-state index in [2.05, 4.69) is 15.5 Å². The number of carboxylic acids is 1. The van der Waals surface area contributed by atoms with E-state index in [1.54, 1.807) is 18.3 Å². The molecule has 1 heterocycles. The number of carboxylic acid groups (broad SMARTS) is 1. The van der Waals surface area contributed by atoms with Crippen LogP contribution in [0.4, 0.5) is 0 Å². The number of carbonyl (C=O) groups is 2. The number of H-pyrrole nitrogens is 1. The van der Waals surface area contributed by atoms with Crippen LogP contribution in [0.25, 0.3) is 10.9 Å². The molecule has 0 spiro atoms. The minimum atomic E-state index is -0.869. The minimum absolute atomic E-state index is 0.0207. The van der Waals surface area contributed by atoms with E-state index in [-0.39, 0.29) is 12.3 Å². The van der Waals surface area contributed by atoms with Crippen LogP contribution in [0.2, 0.25) is 0 Å². The van der Waals surface area contributed by atoms with E-state index in [0.29, 0.717) is 12.0 Å². The average Bonchev–Trinajstić information content (AvgIpc) is 2.83. The summed E-state index contributed by atoms with van der Waals surface area (Å²) < 4.78 is 0. The standard InChI is InChI=1S/C14H17N3O3/c1-14(2,6-5-12(18)19)16-13(20)9-3-4-10-8-15-17-11(10)7-9/h3-4,7-8H,5-6H2,1-2H3,(H,15,17)(H,16,20)(H,18,19). The lowest BCUT2D eigenvalue weighted by atomic mass is 9.97. The zero-order chi connectivity index (χ0) is 14.8. The molecule has 0 bridgehead atoms. The zero-order valence-electron chi connectivity index (χ0n) is 11.4. The molecule has 0 unspecified atom stereocenters. The topological polar surface area (TPSA) is 95.1 Å². The maximum atomic E-state index is 12.2. The van der Waals surface area contributed by atoms with Gasteiger partial charge in [0.15, 0.2) is 0 Å². The first-order valence-corrected chi connectivity index (χ1v) is 6.35. The predicted molar refractivity (Wildman–Crippen MR) is 74.5 cm³/mol. The van der Waals surface area contributed by atoms with E-state index in [0.717, 1.165) is 10.9 Å². The van der Waals surface area contributed by atoms with E-state index >= 15 is 0 Å². The predicted octanol–water partition coefficient (Wildman–Crippen LogP) is 1.94. The highest BCUT2D eigenvalue weighted by Gasteiger charge is 2.22. The van der Waals surface area contributed by atoms with Crippen molar-refractivity contribution in [1.29, 1.82) is 0 Å². The molecular formula is C14H17N3O3. The molecule has 0 atom stereocenters. The first kappa shape index (κ1) is 14.0. The molecule has 1 amide bonds. The van der Waals surface area contributed by atoms with Gasteiger partial charge in [-0.1, -0.05) is 6.07 Å². The van der Waals surface area contributed by atoms with Gasteiger partial charge < -0.3 is 10.4 Å². The summed E-state index contributed by atoms with van der Waals surface area (Å²) in [5.74, 6) is -1.09. The molecule has 1 aromatic heterocycles. The molecule has 0 saturated carbocycles. The lowest BCUT2D eigenvalue weighted by Gasteiger charge is -2.25. The summed E-state index contributed by atoms with van der Waals surface area (Å²) in [5.41, 5.74) is 0.740. The third kappa shape index (κ3) is 3.34. The zero-order valence-corrected chi connectivity index (χ0v) is 11.4. The second kappa shape index (κ2) is 5.32. The fourth-order valence-electron chi connectivity index (χ4n) is 1.94. The van der Waals surface area contributed by atoms with Gasteiger partial charge in [0.1, 0.15) is 0 Å². The maximum Gasteiger partial charge on any atom is 0.303 e. The monoisotopic (exact) mass is 275 g/mol. The molecule has 0 fully saturated rings. The van der Waals surface area contributed by atoms with Crippen LogP contribution in [-0.2, 0) is 4.79 Å². The molecule has 0 aliphatic heterocycles. The highest BCUT2D eigenvalue weighted by Crippen LogP contribution is 2.16. The number of fused-ring (bicyclic) bond motifs is 1. The molecular weight excluding hydrogens is 258 g/mol. The smallest absolute Gasteiger partial charge is 0.303 e. The number of rotatable bonds is 5. The van der Waals surface area contributed by atoms with E-state index in [1.807, 2.05) is 19.9 Å². The number of aromatic amines is 1. The van der Waals surface area contributed by atoms with Crippen molar-refractivity contribution in [3.05, 3.63) is 30.0 Å². The van der Waals surface area contributed by atoms with Crippen molar-refractivity contribution >= 4 is 22.8 Å². The fourth-order valence-corrected chi connectivity index (χ4v) is 1.94. The Labute approximate surface area is 116 Å². The number of hydrogen-bond acceptors (Lipinski definition) is 3. The molecule has 6 nitrogen and oxygen atoms in total. The van der Waals surface area contributed by atoms with Crippen molar-refractivity contribution in [2.24, 2.45) is 0 Å². The Balaban J connectivity index is 2.08. The summed E-state index contributed by atoms with van der Waals surface area (Å²) in [4.78, 5) is 22.8. The second-order valence-electron chi connectivity index (χ2n) is 5.40. The molecule has 0 aliphatic rings. The van der Waals surface area contributed by atoms with Gasteiger partial charge in [0.2, 0.25) is 0 Å². The second-order valence-corrected chi connectivity index (χ2v) is 5.40. The van der Waals surface area contributed by atoms with Crippen LogP contribution < -0.4 is 5.32 Å². The third-order valence-corrected chi connectivity index (χ3v) is 3.12. The number of aromatic nitrogens is 2. The lowest BCUT2D eigenvalue weighted by molar-refractivity contribution is -0.137. The fraction of sp³-hybridized carbons (Fsp3) is 0.357. The van der Waals surface area contributed by atoms with Crippen molar-refractivity contribution in [2.45, 2.75) is 32.2 Å². The van der Waals surface area contributed by atoms with E-state index in [9.17, 15) is 9.59 Å². The van der Waals surface area contributed by atoms with Crippen molar-refractivity contribution in [3.8, 4) is 0 Å². The normalized spacial score (nSPS) is 11.5. The van der Waals surface area contributed by atoms with E-state index in [1.165, 1.54) is 0 Å².